The molecule has 1 heterocycles. The summed E-state index contributed by atoms with van der Waals surface area (Å²) in [4.78, 5) is 4.54. The minimum Gasteiger partial charge on any atom is -0.394 e. The summed E-state index contributed by atoms with van der Waals surface area (Å²) in [7, 11) is 0. The molecule has 0 aliphatic heterocycles. The summed E-state index contributed by atoms with van der Waals surface area (Å²) in [5.74, 6) is 0. The maximum Gasteiger partial charge on any atom is 0.0708 e. The molecule has 20 heavy (non-hydrogen) atoms. The molecule has 4 nitrogen and oxygen atoms in total. The van der Waals surface area contributed by atoms with Gasteiger partial charge in [0.15, 0.2) is 0 Å². The lowest BCUT2D eigenvalue weighted by Gasteiger charge is -2.09. The molecule has 108 valence electrons. The average Bonchev–Trinajstić information content (AvgIpc) is 2.46. The van der Waals surface area contributed by atoms with Crippen molar-refractivity contribution in [1.82, 2.24) is 10.3 Å². The number of ether oxygens (including phenoxy) is 1. The molecule has 0 saturated carbocycles. The van der Waals surface area contributed by atoms with Gasteiger partial charge in [-0.25, -0.2) is 0 Å². The van der Waals surface area contributed by atoms with Crippen molar-refractivity contribution in [3.63, 3.8) is 0 Å². The molecule has 0 amide bonds. The summed E-state index contributed by atoms with van der Waals surface area (Å²) in [5.41, 5.74) is 3.38. The van der Waals surface area contributed by atoms with E-state index in [0.717, 1.165) is 30.7 Å². The number of aliphatic hydroxyl groups excluding tert-OH is 1. The molecular weight excluding hydrogens is 252 g/mol. The van der Waals surface area contributed by atoms with Crippen LogP contribution in [0.5, 0.6) is 0 Å². The number of nitrogens with zero attached hydrogens (tertiary/aromatic N) is 1. The van der Waals surface area contributed by atoms with Crippen LogP contribution < -0.4 is 5.32 Å². The number of fused-ring (bicyclic) bond motifs is 1. The van der Waals surface area contributed by atoms with E-state index >= 15 is 0 Å². The number of hydrogen-bond acceptors (Lipinski definition) is 4. The Hall–Kier alpha value is -1.49. The van der Waals surface area contributed by atoms with Crippen molar-refractivity contribution in [2.45, 2.75) is 19.9 Å². The quantitative estimate of drug-likeness (QED) is 0.723. The molecule has 0 unspecified atom stereocenters. The standard InChI is InChI=1S/C16H22N2O2/c1-13-11-14(12-17-7-4-9-20-10-8-19)15-5-2-3-6-16(15)18-13/h2-3,5-6,11,17,19H,4,7-10,12H2,1H3. The zero-order valence-corrected chi connectivity index (χ0v) is 11.9. The summed E-state index contributed by atoms with van der Waals surface area (Å²) < 4.78 is 5.22. The Morgan fingerprint density at radius 2 is 2.10 bits per heavy atom. The van der Waals surface area contributed by atoms with Crippen molar-refractivity contribution < 1.29 is 9.84 Å². The first-order chi connectivity index (χ1) is 9.81. The largest absolute Gasteiger partial charge is 0.394 e. The number of aryl methyl sites for hydroxylation is 1. The molecule has 0 bridgehead atoms. The van der Waals surface area contributed by atoms with E-state index < -0.39 is 0 Å². The third kappa shape index (κ3) is 4.27. The molecule has 2 rings (SSSR count). The first-order valence-electron chi connectivity index (χ1n) is 7.06. The number of rotatable bonds is 8. The van der Waals surface area contributed by atoms with Crippen molar-refractivity contribution >= 4 is 10.9 Å². The van der Waals surface area contributed by atoms with E-state index in [4.69, 9.17) is 9.84 Å². The predicted molar refractivity (Wildman–Crippen MR) is 80.7 cm³/mol. The van der Waals surface area contributed by atoms with Crippen LogP contribution >= 0.6 is 0 Å². The lowest BCUT2D eigenvalue weighted by Crippen LogP contribution is -2.17. The molecule has 2 aromatic rings. The highest BCUT2D eigenvalue weighted by molar-refractivity contribution is 5.82. The molecule has 1 aromatic heterocycles. The lowest BCUT2D eigenvalue weighted by atomic mass is 10.1. The number of hydrogen-bond donors (Lipinski definition) is 2. The van der Waals surface area contributed by atoms with Crippen molar-refractivity contribution in [3.8, 4) is 0 Å². The smallest absolute Gasteiger partial charge is 0.0708 e. The van der Waals surface area contributed by atoms with Crippen LogP contribution in [0.2, 0.25) is 0 Å². The molecule has 4 heteroatoms. The molecule has 0 aliphatic carbocycles. The molecule has 2 N–H and O–H groups in total. The first kappa shape index (κ1) is 14.9. The van der Waals surface area contributed by atoms with E-state index in [1.807, 2.05) is 19.1 Å². The Morgan fingerprint density at radius 1 is 1.25 bits per heavy atom. The Morgan fingerprint density at radius 3 is 2.95 bits per heavy atom. The third-order valence-corrected chi connectivity index (χ3v) is 3.12. The minimum atomic E-state index is 0.0930. The lowest BCUT2D eigenvalue weighted by molar-refractivity contribution is 0.0907. The molecule has 0 saturated heterocycles. The molecule has 0 atom stereocenters. The summed E-state index contributed by atoms with van der Waals surface area (Å²) in [6.07, 6.45) is 0.946. The maximum atomic E-state index is 8.60. The average molecular weight is 274 g/mol. The van der Waals surface area contributed by atoms with Gasteiger partial charge < -0.3 is 15.2 Å². The number of aromatic nitrogens is 1. The molecule has 0 fully saturated rings. The monoisotopic (exact) mass is 274 g/mol. The number of pyridine rings is 1. The fourth-order valence-corrected chi connectivity index (χ4v) is 2.23. The third-order valence-electron chi connectivity index (χ3n) is 3.12. The fourth-order valence-electron chi connectivity index (χ4n) is 2.23. The summed E-state index contributed by atoms with van der Waals surface area (Å²) in [6.45, 7) is 4.97. The second kappa shape index (κ2) is 7.94. The van der Waals surface area contributed by atoms with Gasteiger partial charge in [-0.2, -0.15) is 0 Å². The van der Waals surface area contributed by atoms with E-state index in [0.29, 0.717) is 13.2 Å². The van der Waals surface area contributed by atoms with Gasteiger partial charge in [0, 0.05) is 24.2 Å². The van der Waals surface area contributed by atoms with Crippen molar-refractivity contribution in [2.75, 3.05) is 26.4 Å². The Labute approximate surface area is 119 Å². The van der Waals surface area contributed by atoms with Gasteiger partial charge in [0.1, 0.15) is 0 Å². The van der Waals surface area contributed by atoms with Gasteiger partial charge in [0.2, 0.25) is 0 Å². The van der Waals surface area contributed by atoms with Gasteiger partial charge >= 0.3 is 0 Å². The van der Waals surface area contributed by atoms with Crippen LogP contribution in [0, 0.1) is 6.92 Å². The van der Waals surface area contributed by atoms with Crippen LogP contribution in [0.1, 0.15) is 17.7 Å². The number of benzene rings is 1. The predicted octanol–water partition coefficient (Wildman–Crippen LogP) is 2.03. The van der Waals surface area contributed by atoms with E-state index in [1.54, 1.807) is 0 Å². The molecule has 1 aromatic carbocycles. The van der Waals surface area contributed by atoms with Crippen LogP contribution in [0.3, 0.4) is 0 Å². The van der Waals surface area contributed by atoms with E-state index in [1.165, 1.54) is 10.9 Å². The van der Waals surface area contributed by atoms with Crippen molar-refractivity contribution in [1.29, 1.82) is 0 Å². The van der Waals surface area contributed by atoms with Gasteiger partial charge in [-0.05, 0) is 37.6 Å². The summed E-state index contributed by atoms with van der Waals surface area (Å²) >= 11 is 0. The van der Waals surface area contributed by atoms with Gasteiger partial charge in [0.25, 0.3) is 0 Å². The van der Waals surface area contributed by atoms with Crippen LogP contribution in [-0.2, 0) is 11.3 Å². The highest BCUT2D eigenvalue weighted by atomic mass is 16.5. The van der Waals surface area contributed by atoms with E-state index in [-0.39, 0.29) is 6.61 Å². The van der Waals surface area contributed by atoms with E-state index in [9.17, 15) is 0 Å². The van der Waals surface area contributed by atoms with Gasteiger partial charge in [-0.15, -0.1) is 0 Å². The Balaban J connectivity index is 1.86. The highest BCUT2D eigenvalue weighted by Gasteiger charge is 2.02. The van der Waals surface area contributed by atoms with Gasteiger partial charge in [0.05, 0.1) is 18.7 Å². The Kier molecular flexibility index (Phi) is 5.92. The zero-order chi connectivity index (χ0) is 14.2. The summed E-state index contributed by atoms with van der Waals surface area (Å²) in [5, 5.41) is 13.2. The molecule has 0 spiro atoms. The first-order valence-corrected chi connectivity index (χ1v) is 7.06. The number of para-hydroxylation sites is 1. The van der Waals surface area contributed by atoms with Crippen molar-refractivity contribution in [2.24, 2.45) is 0 Å². The minimum absolute atomic E-state index is 0.0930. The van der Waals surface area contributed by atoms with Crippen LogP contribution in [-0.4, -0.2) is 36.5 Å². The second-order valence-electron chi connectivity index (χ2n) is 4.81. The topological polar surface area (TPSA) is 54.4 Å². The second-order valence-corrected chi connectivity index (χ2v) is 4.81. The summed E-state index contributed by atoms with van der Waals surface area (Å²) in [6, 6.07) is 10.4. The number of nitrogens with one attached hydrogen (secondary N) is 1. The zero-order valence-electron chi connectivity index (χ0n) is 11.9. The van der Waals surface area contributed by atoms with Crippen LogP contribution in [0.4, 0.5) is 0 Å². The molecular formula is C16H22N2O2. The number of aliphatic hydroxyl groups is 1. The van der Waals surface area contributed by atoms with Gasteiger partial charge in [-0.1, -0.05) is 18.2 Å². The van der Waals surface area contributed by atoms with Crippen molar-refractivity contribution in [3.05, 3.63) is 41.6 Å². The van der Waals surface area contributed by atoms with E-state index in [2.05, 4.69) is 28.5 Å². The maximum absolute atomic E-state index is 8.60. The van der Waals surface area contributed by atoms with Gasteiger partial charge in [-0.3, -0.25) is 4.98 Å². The molecule has 0 radical (unpaired) electrons. The van der Waals surface area contributed by atoms with Crippen LogP contribution in [0.25, 0.3) is 10.9 Å². The normalized spacial score (nSPS) is 11.1. The Bertz CT molecular complexity index is 543. The fraction of sp³-hybridized carbons (Fsp3) is 0.438. The van der Waals surface area contributed by atoms with Crippen LogP contribution in [0.15, 0.2) is 30.3 Å². The SMILES string of the molecule is Cc1cc(CNCCCOCCO)c2ccccc2n1. The highest BCUT2D eigenvalue weighted by Crippen LogP contribution is 2.17. The molecule has 0 aliphatic rings.